The van der Waals surface area contributed by atoms with E-state index >= 15 is 0 Å². The first-order valence-corrected chi connectivity index (χ1v) is 6.80. The normalized spacial score (nSPS) is 17.8. The van der Waals surface area contributed by atoms with Crippen molar-refractivity contribution in [2.24, 2.45) is 0 Å². The summed E-state index contributed by atoms with van der Waals surface area (Å²) in [7, 11) is 0. The first kappa shape index (κ1) is 13.7. The molecule has 1 N–H and O–H groups in total. The molecule has 0 saturated carbocycles. The minimum absolute atomic E-state index is 0.0603. The average molecular weight is 291 g/mol. The first-order valence-electron chi connectivity index (χ1n) is 6.80. The first-order chi connectivity index (χ1) is 9.99. The number of anilines is 1. The van der Waals surface area contributed by atoms with Crippen LogP contribution >= 0.6 is 0 Å². The van der Waals surface area contributed by atoms with Crippen molar-refractivity contribution in [1.29, 1.82) is 0 Å². The number of amides is 1. The Balaban J connectivity index is 2.14. The molecule has 1 aliphatic rings. The molecule has 1 aromatic heterocycles. The van der Waals surface area contributed by atoms with Crippen molar-refractivity contribution in [3.63, 3.8) is 0 Å². The van der Waals surface area contributed by atoms with Crippen LogP contribution in [0.1, 0.15) is 43.4 Å². The lowest BCUT2D eigenvalue weighted by atomic mass is 9.87. The number of halogens is 2. The smallest absolute Gasteiger partial charge is 0.226 e. The minimum Gasteiger partial charge on any atom is -0.311 e. The summed E-state index contributed by atoms with van der Waals surface area (Å²) in [6.45, 7) is 3.87. The van der Waals surface area contributed by atoms with Crippen molar-refractivity contribution < 1.29 is 13.6 Å². The fraction of sp³-hybridized carbons (Fsp3) is 0.333. The monoisotopic (exact) mass is 291 g/mol. The number of carbonyl (C=O) groups is 1. The molecule has 4 nitrogen and oxygen atoms in total. The summed E-state index contributed by atoms with van der Waals surface area (Å²) in [4.78, 5) is 11.9. The van der Waals surface area contributed by atoms with Crippen LogP contribution in [0.15, 0.2) is 24.4 Å². The van der Waals surface area contributed by atoms with Crippen LogP contribution in [0.5, 0.6) is 0 Å². The van der Waals surface area contributed by atoms with E-state index < -0.39 is 17.6 Å². The average Bonchev–Trinajstić information content (AvgIpc) is 2.85. The number of hydrogen-bond acceptors (Lipinski definition) is 2. The maximum Gasteiger partial charge on any atom is 0.226 e. The Labute approximate surface area is 120 Å². The third-order valence-corrected chi connectivity index (χ3v) is 3.69. The van der Waals surface area contributed by atoms with E-state index in [1.807, 2.05) is 13.8 Å². The topological polar surface area (TPSA) is 46.9 Å². The van der Waals surface area contributed by atoms with Gasteiger partial charge in [0.25, 0.3) is 0 Å². The molecule has 6 heteroatoms. The van der Waals surface area contributed by atoms with Crippen LogP contribution in [-0.2, 0) is 4.79 Å². The van der Waals surface area contributed by atoms with Crippen molar-refractivity contribution in [2.45, 2.75) is 32.2 Å². The number of hydrogen-bond donors (Lipinski definition) is 1. The molecule has 2 aromatic rings. The van der Waals surface area contributed by atoms with Gasteiger partial charge in [0.15, 0.2) is 11.6 Å². The summed E-state index contributed by atoms with van der Waals surface area (Å²) in [6, 6.07) is 4.09. The van der Waals surface area contributed by atoms with Crippen molar-refractivity contribution in [3.8, 4) is 0 Å². The van der Waals surface area contributed by atoms with Gasteiger partial charge in [-0.15, -0.1) is 0 Å². The van der Waals surface area contributed by atoms with Gasteiger partial charge in [0, 0.05) is 23.9 Å². The number of aromatic nitrogens is 2. The van der Waals surface area contributed by atoms with E-state index in [0.717, 1.165) is 6.07 Å². The van der Waals surface area contributed by atoms with E-state index in [0.29, 0.717) is 11.4 Å². The van der Waals surface area contributed by atoms with Gasteiger partial charge in [-0.2, -0.15) is 5.10 Å². The van der Waals surface area contributed by atoms with Crippen LogP contribution in [0.4, 0.5) is 14.6 Å². The Kier molecular flexibility index (Phi) is 3.23. The lowest BCUT2D eigenvalue weighted by Crippen LogP contribution is -2.25. The van der Waals surface area contributed by atoms with E-state index in [9.17, 15) is 13.6 Å². The van der Waals surface area contributed by atoms with Gasteiger partial charge in [0.1, 0.15) is 5.82 Å². The van der Waals surface area contributed by atoms with Gasteiger partial charge < -0.3 is 5.32 Å². The SMILES string of the molecule is CC(C)n1ncc2c1NC(=O)C[C@H]2c1cccc(F)c1F. The minimum atomic E-state index is -0.906. The van der Waals surface area contributed by atoms with Crippen molar-refractivity contribution >= 4 is 11.7 Å². The third kappa shape index (κ3) is 2.20. The molecule has 0 aliphatic carbocycles. The number of nitrogens with one attached hydrogen (secondary N) is 1. The maximum atomic E-state index is 14.0. The van der Waals surface area contributed by atoms with Gasteiger partial charge in [-0.05, 0) is 25.5 Å². The highest BCUT2D eigenvalue weighted by Gasteiger charge is 2.32. The van der Waals surface area contributed by atoms with Crippen LogP contribution < -0.4 is 5.32 Å². The summed E-state index contributed by atoms with van der Waals surface area (Å²) >= 11 is 0. The molecule has 0 spiro atoms. The summed E-state index contributed by atoms with van der Waals surface area (Å²) in [6.07, 6.45) is 1.70. The van der Waals surface area contributed by atoms with Crippen LogP contribution in [0.25, 0.3) is 0 Å². The Hall–Kier alpha value is -2.24. The molecule has 110 valence electrons. The van der Waals surface area contributed by atoms with Crippen molar-refractivity contribution in [2.75, 3.05) is 5.32 Å². The van der Waals surface area contributed by atoms with Crippen molar-refractivity contribution in [1.82, 2.24) is 9.78 Å². The zero-order valence-corrected chi connectivity index (χ0v) is 11.7. The molecule has 0 fully saturated rings. The van der Waals surface area contributed by atoms with E-state index in [-0.39, 0.29) is 23.9 Å². The van der Waals surface area contributed by atoms with Crippen molar-refractivity contribution in [3.05, 3.63) is 47.2 Å². The van der Waals surface area contributed by atoms with Gasteiger partial charge in [0.05, 0.1) is 6.20 Å². The predicted molar refractivity (Wildman–Crippen MR) is 74.1 cm³/mol. The second-order valence-electron chi connectivity index (χ2n) is 5.43. The summed E-state index contributed by atoms with van der Waals surface area (Å²) in [5, 5.41) is 7.01. The second kappa shape index (κ2) is 4.95. The number of benzene rings is 1. The lowest BCUT2D eigenvalue weighted by Gasteiger charge is -2.24. The van der Waals surface area contributed by atoms with Crippen LogP contribution in [0, 0.1) is 11.6 Å². The molecule has 0 radical (unpaired) electrons. The Morgan fingerprint density at radius 3 is 2.81 bits per heavy atom. The van der Waals surface area contributed by atoms with Crippen LogP contribution in [0.2, 0.25) is 0 Å². The highest BCUT2D eigenvalue weighted by Crippen LogP contribution is 2.39. The highest BCUT2D eigenvalue weighted by molar-refractivity contribution is 5.94. The zero-order chi connectivity index (χ0) is 15.1. The summed E-state index contributed by atoms with van der Waals surface area (Å²) in [5.74, 6) is -1.98. The second-order valence-corrected chi connectivity index (χ2v) is 5.43. The van der Waals surface area contributed by atoms with Gasteiger partial charge in [-0.1, -0.05) is 12.1 Å². The molecule has 1 aromatic carbocycles. The third-order valence-electron chi connectivity index (χ3n) is 3.69. The van der Waals surface area contributed by atoms with Gasteiger partial charge in [-0.25, -0.2) is 13.5 Å². The Morgan fingerprint density at radius 2 is 2.10 bits per heavy atom. The fourth-order valence-electron chi connectivity index (χ4n) is 2.70. The Bertz CT molecular complexity index is 709. The molecule has 3 rings (SSSR count). The highest BCUT2D eigenvalue weighted by atomic mass is 19.2. The molecule has 1 atom stereocenters. The van der Waals surface area contributed by atoms with Crippen LogP contribution in [-0.4, -0.2) is 15.7 Å². The molecular weight excluding hydrogens is 276 g/mol. The molecule has 0 bridgehead atoms. The quantitative estimate of drug-likeness (QED) is 0.923. The number of fused-ring (bicyclic) bond motifs is 1. The molecule has 0 unspecified atom stereocenters. The van der Waals surface area contributed by atoms with E-state index in [4.69, 9.17) is 0 Å². The van der Waals surface area contributed by atoms with E-state index in [1.54, 1.807) is 10.9 Å². The Morgan fingerprint density at radius 1 is 1.33 bits per heavy atom. The maximum absolute atomic E-state index is 14.0. The van der Waals surface area contributed by atoms with Gasteiger partial charge in [-0.3, -0.25) is 4.79 Å². The molecule has 21 heavy (non-hydrogen) atoms. The lowest BCUT2D eigenvalue weighted by molar-refractivity contribution is -0.116. The largest absolute Gasteiger partial charge is 0.311 e. The summed E-state index contributed by atoms with van der Waals surface area (Å²) in [5.41, 5.74) is 0.905. The molecular formula is C15H15F2N3O. The standard InChI is InChI=1S/C15H15F2N3O/c1-8(2)20-15-11(7-18-20)10(6-13(21)19-15)9-4-3-5-12(16)14(9)17/h3-5,7-8,10H,6H2,1-2H3,(H,19,21)/t10-/m0/s1. The number of carbonyl (C=O) groups excluding carboxylic acids is 1. The van der Waals surface area contributed by atoms with E-state index in [2.05, 4.69) is 10.4 Å². The number of nitrogens with zero attached hydrogens (tertiary/aromatic N) is 2. The fourth-order valence-corrected chi connectivity index (χ4v) is 2.70. The molecule has 2 heterocycles. The molecule has 0 saturated heterocycles. The van der Waals surface area contributed by atoms with Crippen LogP contribution in [0.3, 0.4) is 0 Å². The zero-order valence-electron chi connectivity index (χ0n) is 11.7. The van der Waals surface area contributed by atoms with E-state index in [1.165, 1.54) is 12.1 Å². The molecule has 1 aliphatic heterocycles. The summed E-state index contributed by atoms with van der Waals surface area (Å²) < 4.78 is 29.2. The molecule has 1 amide bonds. The van der Waals surface area contributed by atoms with Gasteiger partial charge >= 0.3 is 0 Å². The number of rotatable bonds is 2. The predicted octanol–water partition coefficient (Wildman–Crippen LogP) is 3.22. The van der Waals surface area contributed by atoms with Gasteiger partial charge in [0.2, 0.25) is 5.91 Å².